The number of nitrogens with zero attached hydrogens (tertiary/aromatic N) is 4. The monoisotopic (exact) mass is 224 g/mol. The lowest BCUT2D eigenvalue weighted by molar-refractivity contribution is -0.139. The minimum Gasteiger partial charge on any atom is -0.369 e. The number of carbonyl (C=O) groups is 1. The Bertz CT molecular complexity index is 375. The van der Waals surface area contributed by atoms with Crippen molar-refractivity contribution in [2.24, 2.45) is 0 Å². The molecule has 0 aromatic carbocycles. The molecule has 88 valence electrons. The predicted molar refractivity (Wildman–Crippen MR) is 56.5 cm³/mol. The Balaban J connectivity index is 1.90. The highest BCUT2D eigenvalue weighted by Gasteiger charge is 2.21. The zero-order valence-corrected chi connectivity index (χ0v) is 9.59. The van der Waals surface area contributed by atoms with Crippen molar-refractivity contribution >= 4 is 5.91 Å². The molecule has 1 aliphatic rings. The number of rotatable bonds is 3. The zero-order valence-electron chi connectivity index (χ0n) is 9.59. The van der Waals surface area contributed by atoms with Crippen molar-refractivity contribution in [2.45, 2.75) is 33.0 Å². The number of aromatic nitrogens is 3. The lowest BCUT2D eigenvalue weighted by Crippen LogP contribution is -2.40. The maximum atomic E-state index is 11.8. The molecular weight excluding hydrogens is 208 g/mol. The van der Waals surface area contributed by atoms with E-state index in [-0.39, 0.29) is 18.6 Å². The Labute approximate surface area is 94.2 Å². The highest BCUT2D eigenvalue weighted by Crippen LogP contribution is 2.09. The minimum absolute atomic E-state index is 0.0166. The van der Waals surface area contributed by atoms with E-state index in [4.69, 9.17) is 4.74 Å². The van der Waals surface area contributed by atoms with E-state index in [1.165, 1.54) is 0 Å². The first-order valence-corrected chi connectivity index (χ1v) is 5.43. The first-order chi connectivity index (χ1) is 7.66. The molecule has 0 atom stereocenters. The number of fused-ring (bicyclic) bond motifs is 1. The van der Waals surface area contributed by atoms with Crippen molar-refractivity contribution in [3.05, 3.63) is 12.2 Å². The molecule has 2 heterocycles. The minimum atomic E-state index is 0.0166. The van der Waals surface area contributed by atoms with Crippen molar-refractivity contribution in [3.63, 3.8) is 0 Å². The molecule has 2 rings (SSSR count). The molecule has 0 bridgehead atoms. The second kappa shape index (κ2) is 4.61. The first kappa shape index (κ1) is 11.1. The average molecular weight is 224 g/mol. The quantitative estimate of drug-likeness (QED) is 0.727. The van der Waals surface area contributed by atoms with E-state index in [2.05, 4.69) is 10.2 Å². The van der Waals surface area contributed by atoms with Gasteiger partial charge >= 0.3 is 0 Å². The lowest BCUT2D eigenvalue weighted by Gasteiger charge is -2.27. The van der Waals surface area contributed by atoms with Crippen molar-refractivity contribution in [1.29, 1.82) is 0 Å². The van der Waals surface area contributed by atoms with Crippen LogP contribution in [0.1, 0.15) is 19.7 Å². The largest absolute Gasteiger partial charge is 0.369 e. The SMILES string of the molecule is CC(C)OCC(=O)N1CCn2cnnc2C1. The summed E-state index contributed by atoms with van der Waals surface area (Å²) in [6, 6.07) is 0. The molecule has 0 fully saturated rings. The van der Waals surface area contributed by atoms with Gasteiger partial charge in [-0.2, -0.15) is 0 Å². The summed E-state index contributed by atoms with van der Waals surface area (Å²) in [6.07, 6.45) is 1.78. The fraction of sp³-hybridized carbons (Fsp3) is 0.700. The summed E-state index contributed by atoms with van der Waals surface area (Å²) in [4.78, 5) is 13.5. The molecule has 6 nitrogen and oxygen atoms in total. The normalized spacial score (nSPS) is 15.3. The van der Waals surface area contributed by atoms with E-state index in [1.807, 2.05) is 18.4 Å². The van der Waals surface area contributed by atoms with Crippen molar-refractivity contribution < 1.29 is 9.53 Å². The molecule has 0 radical (unpaired) electrons. The third-order valence-corrected chi connectivity index (χ3v) is 2.53. The second-order valence-electron chi connectivity index (χ2n) is 4.12. The van der Waals surface area contributed by atoms with Gasteiger partial charge in [-0.1, -0.05) is 0 Å². The van der Waals surface area contributed by atoms with Gasteiger partial charge in [0, 0.05) is 13.1 Å². The molecule has 0 unspecified atom stereocenters. The molecule has 1 aliphatic heterocycles. The Morgan fingerprint density at radius 3 is 3.12 bits per heavy atom. The molecule has 1 aromatic rings. The Hall–Kier alpha value is -1.43. The summed E-state index contributed by atoms with van der Waals surface area (Å²) >= 11 is 0. The van der Waals surface area contributed by atoms with Crippen LogP contribution in [0.15, 0.2) is 6.33 Å². The van der Waals surface area contributed by atoms with Crippen LogP contribution in [0.25, 0.3) is 0 Å². The third-order valence-electron chi connectivity index (χ3n) is 2.53. The highest BCUT2D eigenvalue weighted by atomic mass is 16.5. The summed E-state index contributed by atoms with van der Waals surface area (Å²) in [7, 11) is 0. The topological polar surface area (TPSA) is 60.2 Å². The molecule has 0 spiro atoms. The smallest absolute Gasteiger partial charge is 0.249 e. The molecule has 0 saturated heterocycles. The van der Waals surface area contributed by atoms with Crippen LogP contribution in [0.3, 0.4) is 0 Å². The van der Waals surface area contributed by atoms with E-state index < -0.39 is 0 Å². The van der Waals surface area contributed by atoms with Gasteiger partial charge in [0.1, 0.15) is 12.9 Å². The maximum absolute atomic E-state index is 11.8. The highest BCUT2D eigenvalue weighted by molar-refractivity contribution is 5.77. The van der Waals surface area contributed by atoms with E-state index in [9.17, 15) is 4.79 Å². The predicted octanol–water partition coefficient (Wildman–Crippen LogP) is 0.0453. The molecule has 1 aromatic heterocycles. The molecule has 1 amide bonds. The summed E-state index contributed by atoms with van der Waals surface area (Å²) in [6.45, 7) is 5.97. The van der Waals surface area contributed by atoms with Crippen LogP contribution in [-0.2, 0) is 22.6 Å². The van der Waals surface area contributed by atoms with Crippen LogP contribution in [0.5, 0.6) is 0 Å². The molecule has 0 aliphatic carbocycles. The summed E-state index contributed by atoms with van der Waals surface area (Å²) < 4.78 is 7.26. The fourth-order valence-electron chi connectivity index (χ4n) is 1.61. The average Bonchev–Trinajstić information content (AvgIpc) is 2.72. The molecule has 0 saturated carbocycles. The van der Waals surface area contributed by atoms with E-state index in [0.29, 0.717) is 13.1 Å². The number of hydrogen-bond acceptors (Lipinski definition) is 4. The second-order valence-corrected chi connectivity index (χ2v) is 4.12. The van der Waals surface area contributed by atoms with Gasteiger partial charge in [-0.3, -0.25) is 4.79 Å². The van der Waals surface area contributed by atoms with Gasteiger partial charge in [0.15, 0.2) is 5.82 Å². The van der Waals surface area contributed by atoms with Crippen LogP contribution in [0.4, 0.5) is 0 Å². The summed E-state index contributed by atoms with van der Waals surface area (Å²) in [5.74, 6) is 0.854. The van der Waals surface area contributed by atoms with E-state index in [1.54, 1.807) is 11.2 Å². The Morgan fingerprint density at radius 2 is 2.38 bits per heavy atom. The molecule has 16 heavy (non-hydrogen) atoms. The number of amides is 1. The lowest BCUT2D eigenvalue weighted by atomic mass is 10.3. The summed E-state index contributed by atoms with van der Waals surface area (Å²) in [5.41, 5.74) is 0. The molecule has 0 N–H and O–H groups in total. The molecule has 6 heteroatoms. The Morgan fingerprint density at radius 1 is 1.56 bits per heavy atom. The van der Waals surface area contributed by atoms with E-state index >= 15 is 0 Å². The van der Waals surface area contributed by atoms with Gasteiger partial charge in [-0.05, 0) is 13.8 Å². The van der Waals surface area contributed by atoms with E-state index in [0.717, 1.165) is 12.4 Å². The number of hydrogen-bond donors (Lipinski definition) is 0. The fourth-order valence-corrected chi connectivity index (χ4v) is 1.61. The van der Waals surface area contributed by atoms with Crippen LogP contribution >= 0.6 is 0 Å². The number of carbonyl (C=O) groups excluding carboxylic acids is 1. The van der Waals surface area contributed by atoms with Gasteiger partial charge in [0.25, 0.3) is 0 Å². The van der Waals surface area contributed by atoms with Crippen molar-refractivity contribution in [1.82, 2.24) is 19.7 Å². The maximum Gasteiger partial charge on any atom is 0.249 e. The Kier molecular flexibility index (Phi) is 3.19. The van der Waals surface area contributed by atoms with Crippen molar-refractivity contribution in [3.8, 4) is 0 Å². The van der Waals surface area contributed by atoms with Gasteiger partial charge in [0.05, 0.1) is 12.6 Å². The van der Waals surface area contributed by atoms with Crippen LogP contribution in [0.2, 0.25) is 0 Å². The van der Waals surface area contributed by atoms with Gasteiger partial charge in [-0.25, -0.2) is 0 Å². The van der Waals surface area contributed by atoms with Crippen LogP contribution in [0, 0.1) is 0 Å². The number of ether oxygens (including phenoxy) is 1. The molecular formula is C10H16N4O2. The standard InChI is InChI=1S/C10H16N4O2/c1-8(2)16-6-10(15)13-3-4-14-7-11-12-9(14)5-13/h7-8H,3-6H2,1-2H3. The third kappa shape index (κ3) is 2.38. The van der Waals surface area contributed by atoms with Crippen LogP contribution < -0.4 is 0 Å². The first-order valence-electron chi connectivity index (χ1n) is 5.43. The van der Waals surface area contributed by atoms with Crippen molar-refractivity contribution in [2.75, 3.05) is 13.2 Å². The van der Waals surface area contributed by atoms with Gasteiger partial charge < -0.3 is 14.2 Å². The summed E-state index contributed by atoms with van der Waals surface area (Å²) in [5, 5.41) is 7.78. The van der Waals surface area contributed by atoms with Gasteiger partial charge in [-0.15, -0.1) is 10.2 Å². The zero-order chi connectivity index (χ0) is 11.5. The van der Waals surface area contributed by atoms with Gasteiger partial charge in [0.2, 0.25) is 5.91 Å². The van der Waals surface area contributed by atoms with Crippen LogP contribution in [-0.4, -0.2) is 44.8 Å².